The molecule has 2 aromatic heterocycles. The third-order valence-corrected chi connectivity index (χ3v) is 4.76. The Morgan fingerprint density at radius 2 is 1.85 bits per heavy atom. The number of ether oxygens (including phenoxy) is 1. The number of rotatable bonds is 5. The van der Waals surface area contributed by atoms with E-state index in [1.165, 1.54) is 13.2 Å². The second-order valence-electron chi connectivity index (χ2n) is 7.16. The first kappa shape index (κ1) is 24.6. The lowest BCUT2D eigenvalue weighted by atomic mass is 10.00. The zero-order valence-corrected chi connectivity index (χ0v) is 19.3. The molecule has 0 aliphatic rings. The van der Waals surface area contributed by atoms with E-state index in [1.807, 2.05) is 30.3 Å². The monoisotopic (exact) mass is 476 g/mol. The number of carbonyl (C=O) groups excluding carboxylic acids is 2. The van der Waals surface area contributed by atoms with E-state index < -0.39 is 17.0 Å². The van der Waals surface area contributed by atoms with Crippen LogP contribution >= 0.6 is 0 Å². The summed E-state index contributed by atoms with van der Waals surface area (Å²) in [7, 11) is 1.34. The number of aromatic amines is 1. The quantitative estimate of drug-likeness (QED) is 0.147. The summed E-state index contributed by atoms with van der Waals surface area (Å²) < 4.78 is 22.6. The van der Waals surface area contributed by atoms with Crippen LogP contribution in [-0.2, 0) is 20.6 Å². The molecule has 0 fully saturated rings. The molecule has 8 nitrogen and oxygen atoms in total. The van der Waals surface area contributed by atoms with E-state index in [4.69, 9.17) is 14.5 Å². The van der Waals surface area contributed by atoms with Crippen molar-refractivity contribution in [2.24, 2.45) is 0 Å². The summed E-state index contributed by atoms with van der Waals surface area (Å²) in [5.41, 5.74) is 10.7. The van der Waals surface area contributed by atoms with Gasteiger partial charge in [0.25, 0.3) is 0 Å². The minimum atomic E-state index is -1.86. The third-order valence-electron chi connectivity index (χ3n) is 4.76. The number of anilines is 1. The zero-order chi connectivity index (χ0) is 24.7. The number of nitrogens with one attached hydrogen (secondary N) is 1. The molecule has 2 heterocycles. The van der Waals surface area contributed by atoms with E-state index in [9.17, 15) is 9.59 Å². The molecule has 1 unspecified atom stereocenters. The van der Waals surface area contributed by atoms with Crippen LogP contribution in [0.25, 0.3) is 28.2 Å². The molecule has 0 radical (unpaired) electrons. The first-order valence-electron chi connectivity index (χ1n) is 10.0. The van der Waals surface area contributed by atoms with Gasteiger partial charge in [-0.15, -0.1) is 0 Å². The Labute approximate surface area is 198 Å². The van der Waals surface area contributed by atoms with Gasteiger partial charge in [0, 0.05) is 46.2 Å². The van der Waals surface area contributed by atoms with Crippen molar-refractivity contribution >= 4 is 45.6 Å². The molecule has 0 amide bonds. The fraction of sp³-hybridized carbons (Fsp3) is 0.0800. The van der Waals surface area contributed by atoms with Gasteiger partial charge < -0.3 is 20.0 Å². The molecule has 4 aromatic rings. The fourth-order valence-electron chi connectivity index (χ4n) is 3.24. The predicted octanol–water partition coefficient (Wildman–Crippen LogP) is 3.72. The first-order chi connectivity index (χ1) is 16.3. The summed E-state index contributed by atoms with van der Waals surface area (Å²) in [6.45, 7) is 0. The Bertz CT molecular complexity index is 1390. The molecule has 3 N–H and O–H groups in total. The van der Waals surface area contributed by atoms with Gasteiger partial charge in [0.15, 0.2) is 5.78 Å². The van der Waals surface area contributed by atoms with Crippen molar-refractivity contribution in [3.8, 4) is 11.1 Å². The summed E-state index contributed by atoms with van der Waals surface area (Å²) in [4.78, 5) is 31.9. The van der Waals surface area contributed by atoms with Crippen LogP contribution in [0.15, 0.2) is 73.1 Å². The lowest BCUT2D eigenvalue weighted by Gasteiger charge is -2.05. The molecule has 9 heteroatoms. The van der Waals surface area contributed by atoms with E-state index in [2.05, 4.69) is 14.7 Å². The van der Waals surface area contributed by atoms with Crippen molar-refractivity contribution in [1.82, 2.24) is 9.97 Å². The van der Waals surface area contributed by atoms with Crippen molar-refractivity contribution in [3.05, 3.63) is 89.8 Å². The van der Waals surface area contributed by atoms with Crippen molar-refractivity contribution in [1.29, 1.82) is 0 Å². The van der Waals surface area contributed by atoms with E-state index in [-0.39, 0.29) is 5.78 Å². The lowest BCUT2D eigenvalue weighted by Crippen LogP contribution is -2.01. The third kappa shape index (κ3) is 6.25. The molecule has 0 spiro atoms. The van der Waals surface area contributed by atoms with Crippen LogP contribution < -0.4 is 5.73 Å². The number of pyridine rings is 1. The van der Waals surface area contributed by atoms with Crippen LogP contribution in [0.5, 0.6) is 0 Å². The molecule has 174 valence electrons. The van der Waals surface area contributed by atoms with Crippen LogP contribution in [0.2, 0.25) is 0 Å². The summed E-state index contributed by atoms with van der Waals surface area (Å²) in [5.74, 6) is -0.539. The van der Waals surface area contributed by atoms with E-state index in [1.54, 1.807) is 42.7 Å². The molecule has 0 saturated carbocycles. The van der Waals surface area contributed by atoms with Crippen LogP contribution in [0.4, 0.5) is 5.69 Å². The van der Waals surface area contributed by atoms with Crippen molar-refractivity contribution in [2.75, 3.05) is 19.1 Å². The van der Waals surface area contributed by atoms with E-state index in [0.717, 1.165) is 28.3 Å². The first-order valence-corrected chi connectivity index (χ1v) is 11.5. The number of fused-ring (bicyclic) bond motifs is 1. The molecule has 34 heavy (non-hydrogen) atoms. The fourth-order valence-corrected chi connectivity index (χ4v) is 3.24. The maximum Gasteiger partial charge on any atom is 0.330 e. The standard InChI is InChI=1S/C24H19N3O3.CH4O2S/c1-30-22(28)9-8-15-4-2-5-16(10-15)18-12-20-21(14-27-24(20)26-13-18)23(29)17-6-3-7-19(25)11-17;1-4(2)3/h2-14H,25H2,1H3,(H,26,27);1H3,(H,2,3)/p-1/b9-8+;. The Balaban J connectivity index is 0.000000751. The van der Waals surface area contributed by atoms with Crippen molar-refractivity contribution in [3.63, 3.8) is 0 Å². The molecule has 4 rings (SSSR count). The number of carbonyl (C=O) groups is 2. The van der Waals surface area contributed by atoms with Gasteiger partial charge in [0.1, 0.15) is 5.65 Å². The van der Waals surface area contributed by atoms with Crippen LogP contribution in [-0.4, -0.2) is 43.8 Å². The summed E-state index contributed by atoms with van der Waals surface area (Å²) in [6, 6.07) is 16.5. The molecule has 0 bridgehead atoms. The normalized spacial score (nSPS) is 11.6. The number of hydrogen-bond donors (Lipinski definition) is 2. The number of nitrogens with zero attached hydrogens (tertiary/aromatic N) is 1. The SMILES string of the molecule is COC(=O)/C=C/c1cccc(-c2cnc3[nH]cc(C(=O)c4cccc(N)c4)c3c2)c1.CS(=O)[O-]. The summed E-state index contributed by atoms with van der Waals surface area (Å²) in [6.07, 6.45) is 7.56. The van der Waals surface area contributed by atoms with Crippen molar-refractivity contribution < 1.29 is 23.1 Å². The number of benzene rings is 2. The Morgan fingerprint density at radius 3 is 2.56 bits per heavy atom. The smallest absolute Gasteiger partial charge is 0.330 e. The van der Waals surface area contributed by atoms with Crippen molar-refractivity contribution in [2.45, 2.75) is 0 Å². The highest BCUT2D eigenvalue weighted by molar-refractivity contribution is 7.78. The molecule has 0 saturated heterocycles. The average molecular weight is 477 g/mol. The van der Waals surface area contributed by atoms with Crippen LogP contribution in [0.1, 0.15) is 21.5 Å². The minimum absolute atomic E-state index is 0.123. The van der Waals surface area contributed by atoms with Gasteiger partial charge in [0.05, 0.1) is 7.11 Å². The van der Waals surface area contributed by atoms with Crippen LogP contribution in [0.3, 0.4) is 0 Å². The topological polar surface area (TPSA) is 138 Å². The number of nitrogen functional groups attached to an aromatic ring is 1. The van der Waals surface area contributed by atoms with Gasteiger partial charge in [-0.05, 0) is 47.7 Å². The Kier molecular flexibility index (Phi) is 8.07. The number of esters is 1. The Morgan fingerprint density at radius 1 is 1.12 bits per heavy atom. The second-order valence-corrected chi connectivity index (χ2v) is 7.96. The van der Waals surface area contributed by atoms with Gasteiger partial charge in [-0.1, -0.05) is 41.4 Å². The average Bonchev–Trinajstić information content (AvgIpc) is 3.25. The molecule has 0 aliphatic carbocycles. The second kappa shape index (κ2) is 11.2. The largest absolute Gasteiger partial charge is 0.773 e. The zero-order valence-electron chi connectivity index (χ0n) is 18.5. The summed E-state index contributed by atoms with van der Waals surface area (Å²) >= 11 is -1.86. The maximum atomic E-state index is 13.0. The number of H-pyrrole nitrogens is 1. The molecule has 1 atom stereocenters. The highest BCUT2D eigenvalue weighted by Gasteiger charge is 2.16. The molecular weight excluding hydrogens is 454 g/mol. The van der Waals surface area contributed by atoms with E-state index in [0.29, 0.717) is 22.5 Å². The molecular formula is C25H22N3O5S-. The number of aromatic nitrogens is 2. The summed E-state index contributed by atoms with van der Waals surface area (Å²) in [5, 5.41) is 0.732. The highest BCUT2D eigenvalue weighted by atomic mass is 32.2. The minimum Gasteiger partial charge on any atom is -0.773 e. The molecule has 2 aromatic carbocycles. The van der Waals surface area contributed by atoms with Gasteiger partial charge >= 0.3 is 5.97 Å². The highest BCUT2D eigenvalue weighted by Crippen LogP contribution is 2.27. The van der Waals surface area contributed by atoms with Gasteiger partial charge in [-0.3, -0.25) is 9.00 Å². The van der Waals surface area contributed by atoms with Crippen LogP contribution in [0, 0.1) is 0 Å². The lowest BCUT2D eigenvalue weighted by molar-refractivity contribution is -0.134. The number of ketones is 1. The van der Waals surface area contributed by atoms with Gasteiger partial charge in [-0.2, -0.15) is 0 Å². The molecule has 0 aliphatic heterocycles. The predicted molar refractivity (Wildman–Crippen MR) is 132 cm³/mol. The number of methoxy groups -OCH3 is 1. The Hall–Kier alpha value is -4.08. The van der Waals surface area contributed by atoms with Gasteiger partial charge in [0.2, 0.25) is 0 Å². The van der Waals surface area contributed by atoms with E-state index >= 15 is 0 Å². The number of nitrogens with two attached hydrogens (primary N) is 1. The van der Waals surface area contributed by atoms with Gasteiger partial charge in [-0.25, -0.2) is 9.78 Å². The maximum absolute atomic E-state index is 13.0. The number of hydrogen-bond acceptors (Lipinski definition) is 7.